The van der Waals surface area contributed by atoms with Crippen LogP contribution in [0.5, 0.6) is 0 Å². The molecule has 0 spiro atoms. The molecular formula is C12H22O3. The number of rotatable bonds is 5. The molecule has 1 unspecified atom stereocenters. The van der Waals surface area contributed by atoms with Crippen LogP contribution in [0.25, 0.3) is 0 Å². The maximum atomic E-state index is 11.4. The third-order valence-corrected chi connectivity index (χ3v) is 3.42. The van der Waals surface area contributed by atoms with Crippen molar-refractivity contribution in [2.24, 2.45) is 11.3 Å². The lowest BCUT2D eigenvalue weighted by atomic mass is 9.73. The fraction of sp³-hybridized carbons (Fsp3) is 0.917. The van der Waals surface area contributed by atoms with Gasteiger partial charge in [0.15, 0.2) is 0 Å². The molecule has 1 aliphatic heterocycles. The van der Waals surface area contributed by atoms with Crippen molar-refractivity contribution in [3.63, 3.8) is 0 Å². The predicted octanol–water partition coefficient (Wildman–Crippen LogP) is 2.69. The number of carbonyl (C=O) groups is 1. The van der Waals surface area contributed by atoms with Crippen molar-refractivity contribution in [2.45, 2.75) is 46.0 Å². The summed E-state index contributed by atoms with van der Waals surface area (Å²) >= 11 is 0. The maximum Gasteiger partial charge on any atom is 0.309 e. The lowest BCUT2D eigenvalue weighted by Crippen LogP contribution is -2.38. The Hall–Kier alpha value is -0.570. The minimum Gasteiger partial charge on any atom is -0.481 e. The van der Waals surface area contributed by atoms with Crippen LogP contribution < -0.4 is 0 Å². The average molecular weight is 214 g/mol. The Balaban J connectivity index is 2.60. The van der Waals surface area contributed by atoms with Gasteiger partial charge in [0.25, 0.3) is 0 Å². The van der Waals surface area contributed by atoms with Crippen molar-refractivity contribution in [3.05, 3.63) is 0 Å². The molecule has 1 N–H and O–H groups in total. The van der Waals surface area contributed by atoms with E-state index in [9.17, 15) is 9.90 Å². The number of ether oxygens (including phenoxy) is 1. The molecule has 0 aromatic rings. The van der Waals surface area contributed by atoms with Gasteiger partial charge in [0.2, 0.25) is 0 Å². The molecule has 1 atom stereocenters. The van der Waals surface area contributed by atoms with Crippen LogP contribution in [0.4, 0.5) is 0 Å². The minimum atomic E-state index is -0.631. The quantitative estimate of drug-likeness (QED) is 0.765. The molecule has 88 valence electrons. The topological polar surface area (TPSA) is 46.5 Å². The highest BCUT2D eigenvalue weighted by molar-refractivity contribution is 5.74. The van der Waals surface area contributed by atoms with Crippen LogP contribution in [-0.4, -0.2) is 24.3 Å². The van der Waals surface area contributed by atoms with Crippen LogP contribution in [0.15, 0.2) is 0 Å². The molecule has 0 aromatic heterocycles. The highest BCUT2D eigenvalue weighted by Crippen LogP contribution is 2.38. The first-order valence-electron chi connectivity index (χ1n) is 5.92. The molecule has 0 amide bonds. The largest absolute Gasteiger partial charge is 0.481 e. The van der Waals surface area contributed by atoms with Crippen LogP contribution in [0.2, 0.25) is 0 Å². The van der Waals surface area contributed by atoms with E-state index in [0.717, 1.165) is 19.3 Å². The molecular weight excluding hydrogens is 192 g/mol. The van der Waals surface area contributed by atoms with Gasteiger partial charge in [-0.15, -0.1) is 0 Å². The van der Waals surface area contributed by atoms with E-state index < -0.39 is 11.4 Å². The number of carboxylic acid groups (broad SMARTS) is 1. The average Bonchev–Trinajstić information content (AvgIpc) is 2.19. The molecule has 15 heavy (non-hydrogen) atoms. The van der Waals surface area contributed by atoms with Crippen molar-refractivity contribution in [1.29, 1.82) is 0 Å². The molecule has 0 bridgehead atoms. The zero-order valence-corrected chi connectivity index (χ0v) is 9.79. The normalized spacial score (nSPS) is 22.3. The van der Waals surface area contributed by atoms with Crippen LogP contribution in [-0.2, 0) is 9.53 Å². The van der Waals surface area contributed by atoms with Gasteiger partial charge in [-0.25, -0.2) is 0 Å². The van der Waals surface area contributed by atoms with Crippen molar-refractivity contribution in [2.75, 3.05) is 13.2 Å². The van der Waals surface area contributed by atoms with Crippen molar-refractivity contribution in [3.8, 4) is 0 Å². The van der Waals surface area contributed by atoms with Crippen LogP contribution in [0.1, 0.15) is 46.0 Å². The van der Waals surface area contributed by atoms with E-state index >= 15 is 0 Å². The fourth-order valence-electron chi connectivity index (χ4n) is 2.53. The van der Waals surface area contributed by atoms with Crippen molar-refractivity contribution >= 4 is 5.97 Å². The molecule has 0 saturated carbocycles. The highest BCUT2D eigenvalue weighted by atomic mass is 16.5. The number of hydrogen-bond donors (Lipinski definition) is 1. The Morgan fingerprint density at radius 2 is 2.07 bits per heavy atom. The van der Waals surface area contributed by atoms with Crippen LogP contribution >= 0.6 is 0 Å². The van der Waals surface area contributed by atoms with E-state index in [2.05, 4.69) is 13.8 Å². The smallest absolute Gasteiger partial charge is 0.309 e. The molecule has 1 saturated heterocycles. The maximum absolute atomic E-state index is 11.4. The van der Waals surface area contributed by atoms with Gasteiger partial charge in [-0.3, -0.25) is 4.79 Å². The zero-order chi connectivity index (χ0) is 11.3. The second-order valence-electron chi connectivity index (χ2n) is 4.80. The summed E-state index contributed by atoms with van der Waals surface area (Å²) in [5.74, 6) is -0.127. The van der Waals surface area contributed by atoms with Gasteiger partial charge < -0.3 is 9.84 Å². The molecule has 1 fully saturated rings. The summed E-state index contributed by atoms with van der Waals surface area (Å²) in [4.78, 5) is 11.4. The van der Waals surface area contributed by atoms with Crippen LogP contribution in [0, 0.1) is 11.3 Å². The SMILES string of the molecule is CCCC(C)CC1(C(=O)O)CCOCC1. The highest BCUT2D eigenvalue weighted by Gasteiger charge is 2.40. The first-order chi connectivity index (χ1) is 7.10. The molecule has 1 heterocycles. The molecule has 3 heteroatoms. The van der Waals surface area contributed by atoms with Gasteiger partial charge in [0.05, 0.1) is 5.41 Å². The summed E-state index contributed by atoms with van der Waals surface area (Å²) in [7, 11) is 0. The Labute approximate surface area is 91.8 Å². The van der Waals surface area contributed by atoms with E-state index in [1.54, 1.807) is 0 Å². The van der Waals surface area contributed by atoms with Gasteiger partial charge in [-0.1, -0.05) is 26.7 Å². The van der Waals surface area contributed by atoms with Gasteiger partial charge in [0, 0.05) is 13.2 Å². The zero-order valence-electron chi connectivity index (χ0n) is 9.79. The Morgan fingerprint density at radius 3 is 2.53 bits per heavy atom. The monoisotopic (exact) mass is 214 g/mol. The third-order valence-electron chi connectivity index (χ3n) is 3.42. The first kappa shape index (κ1) is 12.5. The van der Waals surface area contributed by atoms with E-state index in [-0.39, 0.29) is 0 Å². The lowest BCUT2D eigenvalue weighted by Gasteiger charge is -2.35. The Morgan fingerprint density at radius 1 is 1.47 bits per heavy atom. The van der Waals surface area contributed by atoms with Crippen molar-refractivity contribution in [1.82, 2.24) is 0 Å². The third kappa shape index (κ3) is 3.20. The standard InChI is InChI=1S/C12H22O3/c1-3-4-10(2)9-12(11(13)14)5-7-15-8-6-12/h10H,3-9H2,1-2H3,(H,13,14). The Bertz CT molecular complexity index is 207. The summed E-state index contributed by atoms with van der Waals surface area (Å²) in [6, 6.07) is 0. The van der Waals surface area contributed by atoms with Crippen LogP contribution in [0.3, 0.4) is 0 Å². The lowest BCUT2D eigenvalue weighted by molar-refractivity contribution is -0.156. The van der Waals surface area contributed by atoms with Gasteiger partial charge in [-0.2, -0.15) is 0 Å². The summed E-state index contributed by atoms with van der Waals surface area (Å²) in [6.07, 6.45) is 4.41. The van der Waals surface area contributed by atoms with E-state index in [0.29, 0.717) is 32.0 Å². The molecule has 0 aromatic carbocycles. The molecule has 1 aliphatic rings. The number of aliphatic carboxylic acids is 1. The summed E-state index contributed by atoms with van der Waals surface area (Å²) in [5, 5.41) is 9.35. The number of hydrogen-bond acceptors (Lipinski definition) is 2. The molecule has 3 nitrogen and oxygen atoms in total. The Kier molecular flexibility index (Phi) is 4.58. The van der Waals surface area contributed by atoms with E-state index in [1.807, 2.05) is 0 Å². The summed E-state index contributed by atoms with van der Waals surface area (Å²) in [5.41, 5.74) is -0.507. The second kappa shape index (κ2) is 5.50. The molecule has 1 rings (SSSR count). The predicted molar refractivity (Wildman–Crippen MR) is 58.8 cm³/mol. The summed E-state index contributed by atoms with van der Waals surface area (Å²) in [6.45, 7) is 5.51. The first-order valence-corrected chi connectivity index (χ1v) is 5.92. The fourth-order valence-corrected chi connectivity index (χ4v) is 2.53. The van der Waals surface area contributed by atoms with Crippen molar-refractivity contribution < 1.29 is 14.6 Å². The van der Waals surface area contributed by atoms with E-state index in [4.69, 9.17) is 4.74 Å². The summed E-state index contributed by atoms with van der Waals surface area (Å²) < 4.78 is 5.25. The molecule has 0 radical (unpaired) electrons. The van der Waals surface area contributed by atoms with E-state index in [1.165, 1.54) is 0 Å². The van der Waals surface area contributed by atoms with Gasteiger partial charge in [-0.05, 0) is 25.2 Å². The van der Waals surface area contributed by atoms with Gasteiger partial charge in [0.1, 0.15) is 0 Å². The number of carboxylic acids is 1. The van der Waals surface area contributed by atoms with Gasteiger partial charge >= 0.3 is 5.97 Å². The second-order valence-corrected chi connectivity index (χ2v) is 4.80. The minimum absolute atomic E-state index is 0.504. The molecule has 0 aliphatic carbocycles.